The summed E-state index contributed by atoms with van der Waals surface area (Å²) >= 11 is 0. The van der Waals surface area contributed by atoms with E-state index < -0.39 is 0 Å². The number of para-hydroxylation sites is 1. The van der Waals surface area contributed by atoms with Crippen molar-refractivity contribution in [3.05, 3.63) is 35.9 Å². The van der Waals surface area contributed by atoms with Gasteiger partial charge in [-0.2, -0.15) is 0 Å². The van der Waals surface area contributed by atoms with Crippen LogP contribution in [0.5, 0.6) is 0 Å². The number of nitrogens with one attached hydrogen (secondary N) is 1. The van der Waals surface area contributed by atoms with E-state index in [0.717, 1.165) is 26.2 Å². The van der Waals surface area contributed by atoms with Crippen LogP contribution in [0.3, 0.4) is 0 Å². The van der Waals surface area contributed by atoms with Gasteiger partial charge in [0.05, 0.1) is 0 Å². The molecule has 2 fully saturated rings. The molecular weight excluding hydrogens is 268 g/mol. The minimum atomic E-state index is 0.674. The first kappa shape index (κ1) is 14.3. The van der Waals surface area contributed by atoms with Gasteiger partial charge in [0.25, 0.3) is 0 Å². The molecule has 0 amide bonds. The van der Waals surface area contributed by atoms with Crippen LogP contribution in [0.2, 0.25) is 0 Å². The summed E-state index contributed by atoms with van der Waals surface area (Å²) in [5.41, 5.74) is 5.23. The smallest absolute Gasteiger partial charge is 0.0443 e. The van der Waals surface area contributed by atoms with E-state index in [0.29, 0.717) is 5.41 Å². The van der Waals surface area contributed by atoms with Crippen LogP contribution >= 0.6 is 0 Å². The van der Waals surface area contributed by atoms with Crippen LogP contribution in [0.25, 0.3) is 5.57 Å². The number of rotatable bonds is 2. The molecule has 22 heavy (non-hydrogen) atoms. The molecule has 2 nitrogen and oxygen atoms in total. The average molecular weight is 296 g/mol. The highest BCUT2D eigenvalue weighted by Gasteiger charge is 2.35. The second-order valence-corrected chi connectivity index (χ2v) is 7.39. The van der Waals surface area contributed by atoms with E-state index in [9.17, 15) is 0 Å². The van der Waals surface area contributed by atoms with E-state index in [1.807, 2.05) is 0 Å². The molecule has 0 unspecified atom stereocenters. The Hall–Kier alpha value is -1.28. The molecule has 1 saturated carbocycles. The fourth-order valence-electron chi connectivity index (χ4n) is 4.69. The normalized spacial score (nSPS) is 24.5. The first-order valence-electron chi connectivity index (χ1n) is 9.11. The van der Waals surface area contributed by atoms with Crippen molar-refractivity contribution in [1.29, 1.82) is 0 Å². The fourth-order valence-corrected chi connectivity index (χ4v) is 4.69. The molecule has 1 spiro atoms. The molecule has 0 bridgehead atoms. The van der Waals surface area contributed by atoms with Gasteiger partial charge in [-0.3, -0.25) is 0 Å². The number of piperazine rings is 1. The van der Waals surface area contributed by atoms with Gasteiger partial charge >= 0.3 is 0 Å². The van der Waals surface area contributed by atoms with E-state index in [1.54, 1.807) is 5.57 Å². The van der Waals surface area contributed by atoms with Crippen LogP contribution in [0.1, 0.15) is 50.5 Å². The lowest BCUT2D eigenvalue weighted by Gasteiger charge is -2.35. The van der Waals surface area contributed by atoms with Crippen molar-refractivity contribution in [2.24, 2.45) is 5.41 Å². The Kier molecular flexibility index (Phi) is 3.96. The minimum Gasteiger partial charge on any atom is -0.368 e. The van der Waals surface area contributed by atoms with Crippen molar-refractivity contribution in [2.75, 3.05) is 31.1 Å². The van der Waals surface area contributed by atoms with Crippen molar-refractivity contribution in [2.45, 2.75) is 44.9 Å². The molecule has 1 aliphatic heterocycles. The lowest BCUT2D eigenvalue weighted by molar-refractivity contribution is 0.271. The van der Waals surface area contributed by atoms with Gasteiger partial charge in [-0.05, 0) is 49.2 Å². The molecule has 1 N–H and O–H groups in total. The molecule has 1 aromatic rings. The Morgan fingerprint density at radius 2 is 1.73 bits per heavy atom. The number of hydrogen-bond donors (Lipinski definition) is 1. The molecule has 2 heteroatoms. The SMILES string of the molecule is C1=C(c2ccccc2N2CCNCC2)CCC2(C1)CCCC2. The zero-order chi connectivity index (χ0) is 14.8. The summed E-state index contributed by atoms with van der Waals surface area (Å²) in [6, 6.07) is 9.07. The van der Waals surface area contributed by atoms with Gasteiger partial charge in [0.15, 0.2) is 0 Å². The third-order valence-electron chi connectivity index (χ3n) is 6.08. The zero-order valence-electron chi connectivity index (χ0n) is 13.6. The van der Waals surface area contributed by atoms with Crippen LogP contribution in [-0.2, 0) is 0 Å². The Morgan fingerprint density at radius 3 is 2.45 bits per heavy atom. The molecule has 4 rings (SSSR count). The van der Waals surface area contributed by atoms with E-state index in [1.165, 1.54) is 56.2 Å². The molecule has 0 aromatic heterocycles. The number of allylic oxidation sites excluding steroid dienone is 2. The Labute approximate surface area is 134 Å². The molecule has 1 heterocycles. The summed E-state index contributed by atoms with van der Waals surface area (Å²) < 4.78 is 0. The molecular formula is C20H28N2. The minimum absolute atomic E-state index is 0.674. The Morgan fingerprint density at radius 1 is 0.955 bits per heavy atom. The van der Waals surface area contributed by atoms with Crippen LogP contribution in [0.15, 0.2) is 30.3 Å². The molecule has 1 aromatic carbocycles. The van der Waals surface area contributed by atoms with Crippen LogP contribution in [-0.4, -0.2) is 26.2 Å². The maximum absolute atomic E-state index is 3.46. The first-order valence-corrected chi connectivity index (χ1v) is 9.11. The van der Waals surface area contributed by atoms with Gasteiger partial charge in [0.2, 0.25) is 0 Å². The molecule has 2 aliphatic carbocycles. The average Bonchev–Trinajstić information content (AvgIpc) is 3.05. The summed E-state index contributed by atoms with van der Waals surface area (Å²) in [5.74, 6) is 0. The number of hydrogen-bond acceptors (Lipinski definition) is 2. The second kappa shape index (κ2) is 6.08. The molecule has 3 aliphatic rings. The lowest BCUT2D eigenvalue weighted by Crippen LogP contribution is -2.43. The Bertz CT molecular complexity index is 549. The van der Waals surface area contributed by atoms with Gasteiger partial charge < -0.3 is 10.2 Å². The van der Waals surface area contributed by atoms with Crippen LogP contribution in [0, 0.1) is 5.41 Å². The maximum atomic E-state index is 3.46. The van der Waals surface area contributed by atoms with Crippen molar-refractivity contribution < 1.29 is 0 Å². The number of benzene rings is 1. The first-order chi connectivity index (χ1) is 10.9. The highest BCUT2D eigenvalue weighted by Crippen LogP contribution is 2.50. The summed E-state index contributed by atoms with van der Waals surface area (Å²) in [5, 5.41) is 3.46. The van der Waals surface area contributed by atoms with Gasteiger partial charge in [-0.1, -0.05) is 37.1 Å². The van der Waals surface area contributed by atoms with Crippen molar-refractivity contribution >= 4 is 11.3 Å². The van der Waals surface area contributed by atoms with Gasteiger partial charge in [-0.25, -0.2) is 0 Å². The zero-order valence-corrected chi connectivity index (χ0v) is 13.6. The van der Waals surface area contributed by atoms with Gasteiger partial charge in [0.1, 0.15) is 0 Å². The summed E-state index contributed by atoms with van der Waals surface area (Å²) in [6.07, 6.45) is 12.4. The van der Waals surface area contributed by atoms with Crippen molar-refractivity contribution in [3.63, 3.8) is 0 Å². The maximum Gasteiger partial charge on any atom is 0.0443 e. The molecule has 1 saturated heterocycles. The summed E-state index contributed by atoms with van der Waals surface area (Å²) in [7, 11) is 0. The van der Waals surface area contributed by atoms with E-state index in [2.05, 4.69) is 40.6 Å². The van der Waals surface area contributed by atoms with Crippen LogP contribution in [0.4, 0.5) is 5.69 Å². The van der Waals surface area contributed by atoms with E-state index in [4.69, 9.17) is 0 Å². The lowest BCUT2D eigenvalue weighted by atomic mass is 9.72. The summed E-state index contributed by atoms with van der Waals surface area (Å²) in [6.45, 7) is 4.48. The number of anilines is 1. The van der Waals surface area contributed by atoms with Gasteiger partial charge in [0, 0.05) is 37.4 Å². The second-order valence-electron chi connectivity index (χ2n) is 7.39. The highest BCUT2D eigenvalue weighted by atomic mass is 15.2. The molecule has 0 atom stereocenters. The van der Waals surface area contributed by atoms with Crippen LogP contribution < -0.4 is 10.2 Å². The number of nitrogens with zero attached hydrogens (tertiary/aromatic N) is 1. The predicted molar refractivity (Wildman–Crippen MR) is 94.3 cm³/mol. The fraction of sp³-hybridized carbons (Fsp3) is 0.600. The molecule has 0 radical (unpaired) electrons. The predicted octanol–water partition coefficient (Wildman–Crippen LogP) is 4.22. The van der Waals surface area contributed by atoms with E-state index >= 15 is 0 Å². The van der Waals surface area contributed by atoms with Crippen molar-refractivity contribution in [1.82, 2.24) is 5.32 Å². The largest absolute Gasteiger partial charge is 0.368 e. The standard InChI is InChI=1S/C20H28N2/c1-2-6-19(22-15-13-21-14-16-22)18(5-1)17-7-11-20(12-8-17)9-3-4-10-20/h1-2,5-7,21H,3-4,8-16H2. The van der Waals surface area contributed by atoms with Crippen molar-refractivity contribution in [3.8, 4) is 0 Å². The quantitative estimate of drug-likeness (QED) is 0.879. The summed E-state index contributed by atoms with van der Waals surface area (Å²) in [4.78, 5) is 2.56. The highest BCUT2D eigenvalue weighted by molar-refractivity contribution is 5.77. The third-order valence-corrected chi connectivity index (χ3v) is 6.08. The van der Waals surface area contributed by atoms with Gasteiger partial charge in [-0.15, -0.1) is 0 Å². The topological polar surface area (TPSA) is 15.3 Å². The Balaban J connectivity index is 1.59. The monoisotopic (exact) mass is 296 g/mol. The van der Waals surface area contributed by atoms with E-state index in [-0.39, 0.29) is 0 Å². The third kappa shape index (κ3) is 2.69. The molecule has 118 valence electrons.